The van der Waals surface area contributed by atoms with E-state index < -0.39 is 6.03 Å². The molecule has 0 saturated heterocycles. The Kier molecular flexibility index (Phi) is 5.57. The molecule has 0 saturated carbocycles. The van der Waals surface area contributed by atoms with E-state index in [2.05, 4.69) is 61.8 Å². The Morgan fingerprint density at radius 2 is 2.00 bits per heavy atom. The van der Waals surface area contributed by atoms with Gasteiger partial charge in [-0.1, -0.05) is 42.2 Å². The second kappa shape index (κ2) is 8.98. The predicted molar refractivity (Wildman–Crippen MR) is 130 cm³/mol. The van der Waals surface area contributed by atoms with Crippen molar-refractivity contribution >= 4 is 50.0 Å². The van der Waals surface area contributed by atoms with Crippen LogP contribution in [0.2, 0.25) is 0 Å². The van der Waals surface area contributed by atoms with Crippen molar-refractivity contribution in [1.29, 1.82) is 0 Å². The van der Waals surface area contributed by atoms with Crippen molar-refractivity contribution in [2.24, 2.45) is 5.73 Å². The Bertz CT molecular complexity index is 1510. The summed E-state index contributed by atoms with van der Waals surface area (Å²) in [6.07, 6.45) is 3.40. The molecule has 3 aromatic heterocycles. The minimum absolute atomic E-state index is 0.193. The molecule has 9 heteroatoms. The van der Waals surface area contributed by atoms with Gasteiger partial charge < -0.3 is 16.4 Å². The Labute approximate surface area is 193 Å². The third-order valence-corrected chi connectivity index (χ3v) is 6.00. The van der Waals surface area contributed by atoms with Gasteiger partial charge in [0.2, 0.25) is 0 Å². The van der Waals surface area contributed by atoms with E-state index in [1.165, 1.54) is 23.2 Å². The van der Waals surface area contributed by atoms with Gasteiger partial charge >= 0.3 is 6.03 Å². The molecule has 0 spiro atoms. The topological polar surface area (TPSA) is 111 Å². The van der Waals surface area contributed by atoms with E-state index in [4.69, 9.17) is 5.73 Å². The average molecular weight is 454 g/mol. The van der Waals surface area contributed by atoms with Crippen LogP contribution in [0.25, 0.3) is 21.1 Å². The summed E-state index contributed by atoms with van der Waals surface area (Å²) in [4.78, 5) is 20.3. The summed E-state index contributed by atoms with van der Waals surface area (Å²) in [5, 5.41) is 11.4. The summed E-state index contributed by atoms with van der Waals surface area (Å²) in [6.45, 7) is 0.913. The molecule has 0 aliphatic carbocycles. The third-order valence-electron chi connectivity index (χ3n) is 4.95. The first-order valence-electron chi connectivity index (χ1n) is 10.2. The van der Waals surface area contributed by atoms with E-state index in [0.717, 1.165) is 38.2 Å². The Morgan fingerprint density at radius 1 is 1.12 bits per heavy atom. The molecule has 5 aromatic rings. The van der Waals surface area contributed by atoms with Gasteiger partial charge in [-0.2, -0.15) is 5.10 Å². The van der Waals surface area contributed by atoms with Crippen molar-refractivity contribution in [1.82, 2.24) is 25.1 Å². The van der Waals surface area contributed by atoms with Crippen molar-refractivity contribution in [3.8, 4) is 11.8 Å². The monoisotopic (exact) mass is 453 g/mol. The third kappa shape index (κ3) is 4.61. The highest BCUT2D eigenvalue weighted by Crippen LogP contribution is 2.31. The normalized spacial score (nSPS) is 10.7. The van der Waals surface area contributed by atoms with Crippen molar-refractivity contribution in [3.05, 3.63) is 77.6 Å². The number of hydrogen-bond donors (Lipinski definition) is 3. The number of thiophene rings is 1. The van der Waals surface area contributed by atoms with E-state index >= 15 is 0 Å². The fourth-order valence-corrected chi connectivity index (χ4v) is 4.38. The molecular formula is C24H19N7OS. The number of carbonyl (C=O) groups is 1. The molecule has 3 heterocycles. The molecule has 0 radical (unpaired) electrons. The highest BCUT2D eigenvalue weighted by Gasteiger charge is 2.10. The molecular weight excluding hydrogens is 434 g/mol. The predicted octanol–water partition coefficient (Wildman–Crippen LogP) is 3.85. The van der Waals surface area contributed by atoms with Gasteiger partial charge in [-0.3, -0.25) is 4.68 Å². The number of nitrogens with two attached hydrogens (primary N) is 1. The van der Waals surface area contributed by atoms with Gasteiger partial charge in [0.05, 0.1) is 39.9 Å². The summed E-state index contributed by atoms with van der Waals surface area (Å²) in [5.41, 5.74) is 9.04. The maximum atomic E-state index is 10.7. The molecule has 5 rings (SSSR count). The van der Waals surface area contributed by atoms with E-state index in [1.54, 1.807) is 0 Å². The average Bonchev–Trinajstić information content (AvgIpc) is 3.42. The minimum Gasteiger partial charge on any atom is -0.352 e. The van der Waals surface area contributed by atoms with Crippen molar-refractivity contribution < 1.29 is 4.79 Å². The first-order chi connectivity index (χ1) is 16.2. The van der Waals surface area contributed by atoms with Crippen LogP contribution >= 0.6 is 11.3 Å². The lowest BCUT2D eigenvalue weighted by Crippen LogP contribution is -2.29. The zero-order valence-electron chi connectivity index (χ0n) is 17.4. The van der Waals surface area contributed by atoms with Crippen LogP contribution < -0.4 is 16.4 Å². The van der Waals surface area contributed by atoms with Crippen LogP contribution in [-0.4, -0.2) is 32.3 Å². The molecule has 2 amide bonds. The number of aromatic nitrogens is 4. The molecule has 162 valence electrons. The lowest BCUT2D eigenvalue weighted by atomic mass is 10.2. The SMILES string of the molecule is NC(=O)NCC#Cc1cc2ncnc(Nc3ccc4c(cnn4Cc4ccccc4)c3)c2s1. The molecule has 0 bridgehead atoms. The summed E-state index contributed by atoms with van der Waals surface area (Å²) >= 11 is 1.49. The molecule has 0 aliphatic heterocycles. The lowest BCUT2D eigenvalue weighted by Gasteiger charge is -2.07. The number of nitrogens with zero attached hydrogens (tertiary/aromatic N) is 4. The molecule has 2 aromatic carbocycles. The lowest BCUT2D eigenvalue weighted by molar-refractivity contribution is 0.250. The van der Waals surface area contributed by atoms with Gasteiger partial charge in [-0.25, -0.2) is 14.8 Å². The van der Waals surface area contributed by atoms with Gasteiger partial charge in [0.1, 0.15) is 6.33 Å². The van der Waals surface area contributed by atoms with Crippen LogP contribution in [0.4, 0.5) is 16.3 Å². The zero-order chi connectivity index (χ0) is 22.6. The van der Waals surface area contributed by atoms with E-state index in [0.29, 0.717) is 5.82 Å². The Morgan fingerprint density at radius 3 is 2.85 bits per heavy atom. The number of carbonyl (C=O) groups excluding carboxylic acids is 1. The van der Waals surface area contributed by atoms with Gasteiger partial charge in [0.15, 0.2) is 5.82 Å². The number of nitrogens with one attached hydrogen (secondary N) is 2. The Hall–Kier alpha value is -4.42. The summed E-state index contributed by atoms with van der Waals surface area (Å²) in [5.74, 6) is 6.60. The number of fused-ring (bicyclic) bond motifs is 2. The van der Waals surface area contributed by atoms with Gasteiger partial charge in [0, 0.05) is 11.1 Å². The summed E-state index contributed by atoms with van der Waals surface area (Å²) in [6, 6.07) is 17.7. The molecule has 0 unspecified atom stereocenters. The van der Waals surface area contributed by atoms with Crippen molar-refractivity contribution in [2.45, 2.75) is 6.54 Å². The van der Waals surface area contributed by atoms with E-state index in [9.17, 15) is 4.79 Å². The summed E-state index contributed by atoms with van der Waals surface area (Å²) < 4.78 is 2.90. The molecule has 0 atom stereocenters. The quantitative estimate of drug-likeness (QED) is 0.350. The zero-order valence-corrected chi connectivity index (χ0v) is 18.3. The largest absolute Gasteiger partial charge is 0.352 e. The van der Waals surface area contributed by atoms with Crippen LogP contribution in [0.1, 0.15) is 10.4 Å². The number of benzene rings is 2. The molecule has 0 fully saturated rings. The Balaban J connectivity index is 1.37. The standard InChI is InChI=1S/C24H19N7OS/c25-24(32)26-10-4-7-19-12-20-22(33-19)23(28-15-27-20)30-18-8-9-21-17(11-18)13-29-31(21)14-16-5-2-1-3-6-16/h1-3,5-6,8-9,11-13,15H,10,14H2,(H3,25,26,32)(H,27,28,30). The van der Waals surface area contributed by atoms with Crippen molar-refractivity contribution in [2.75, 3.05) is 11.9 Å². The van der Waals surface area contributed by atoms with Crippen LogP contribution in [0, 0.1) is 11.8 Å². The molecule has 0 aliphatic rings. The number of hydrogen-bond acceptors (Lipinski definition) is 6. The smallest absolute Gasteiger partial charge is 0.312 e. The minimum atomic E-state index is -0.597. The maximum absolute atomic E-state index is 10.7. The highest BCUT2D eigenvalue weighted by atomic mass is 32.1. The molecule has 4 N–H and O–H groups in total. The summed E-state index contributed by atoms with van der Waals surface area (Å²) in [7, 11) is 0. The number of primary amides is 1. The highest BCUT2D eigenvalue weighted by molar-refractivity contribution is 7.20. The van der Waals surface area contributed by atoms with Gasteiger partial charge in [0.25, 0.3) is 0 Å². The molecule has 33 heavy (non-hydrogen) atoms. The fraction of sp³-hybridized carbons (Fsp3) is 0.0833. The number of urea groups is 1. The number of rotatable bonds is 5. The van der Waals surface area contributed by atoms with Gasteiger partial charge in [-0.05, 0) is 29.8 Å². The van der Waals surface area contributed by atoms with Crippen LogP contribution in [0.3, 0.4) is 0 Å². The van der Waals surface area contributed by atoms with Crippen LogP contribution in [-0.2, 0) is 6.54 Å². The van der Waals surface area contributed by atoms with Crippen LogP contribution in [0.5, 0.6) is 0 Å². The number of amides is 2. The first-order valence-corrected chi connectivity index (χ1v) is 11.0. The second-order valence-electron chi connectivity index (χ2n) is 7.25. The molecule has 8 nitrogen and oxygen atoms in total. The van der Waals surface area contributed by atoms with E-state index in [-0.39, 0.29) is 6.54 Å². The van der Waals surface area contributed by atoms with Crippen molar-refractivity contribution in [3.63, 3.8) is 0 Å². The van der Waals surface area contributed by atoms with Crippen LogP contribution in [0.15, 0.2) is 67.1 Å². The second-order valence-corrected chi connectivity index (χ2v) is 8.31. The van der Waals surface area contributed by atoms with E-state index in [1.807, 2.05) is 41.2 Å². The number of anilines is 2. The maximum Gasteiger partial charge on any atom is 0.312 e. The van der Waals surface area contributed by atoms with Gasteiger partial charge in [-0.15, -0.1) is 11.3 Å². The fourth-order valence-electron chi connectivity index (χ4n) is 3.45. The first kappa shape index (κ1) is 20.5.